The average Bonchev–Trinajstić information content (AvgIpc) is 3.03. The first kappa shape index (κ1) is 30.8. The van der Waals surface area contributed by atoms with Gasteiger partial charge in [-0.2, -0.15) is 0 Å². The molecule has 0 aromatic heterocycles. The number of thioether (sulfide) groups is 1. The summed E-state index contributed by atoms with van der Waals surface area (Å²) < 4.78 is 6.00. The van der Waals surface area contributed by atoms with Gasteiger partial charge in [0.25, 0.3) is 5.91 Å². The van der Waals surface area contributed by atoms with E-state index < -0.39 is 17.8 Å². The molecule has 0 radical (unpaired) electrons. The number of para-hydroxylation sites is 2. The van der Waals surface area contributed by atoms with Crippen LogP contribution in [0.1, 0.15) is 43.9 Å². The van der Waals surface area contributed by atoms with Gasteiger partial charge in [-0.25, -0.2) is 9.59 Å². The number of carboxylic acids is 2. The molecule has 4 N–H and O–H groups in total. The number of carbonyl (C=O) groups excluding carboxylic acids is 2. The molecule has 0 heterocycles. The van der Waals surface area contributed by atoms with E-state index in [4.69, 9.17) is 4.74 Å². The standard InChI is InChI=1S/C35H28N2O7S/c38-32(36-30-8-3-1-6-28(30)34(40)41)10-5-19-45-27-18-14-23-20-26(17-13-24(23)21-27)44-25-15-11-22(12-16-25)33(39)37-31-9-4-2-7-29(31)35(42)43/h1-4,6-9,11-18,20-21H,5,10,19H2,(H,36,38)(H,37,39)(H,40,41)(H,42,43). The molecule has 0 atom stereocenters. The van der Waals surface area contributed by atoms with E-state index in [1.165, 1.54) is 18.2 Å². The first-order chi connectivity index (χ1) is 21.8. The molecule has 0 saturated heterocycles. The Balaban J connectivity index is 1.12. The highest BCUT2D eigenvalue weighted by Crippen LogP contribution is 2.30. The highest BCUT2D eigenvalue weighted by molar-refractivity contribution is 7.99. The van der Waals surface area contributed by atoms with Crippen LogP contribution in [0.4, 0.5) is 11.4 Å². The Morgan fingerprint density at radius 1 is 0.644 bits per heavy atom. The number of rotatable bonds is 12. The number of ether oxygens (including phenoxy) is 1. The van der Waals surface area contributed by atoms with Gasteiger partial charge < -0.3 is 25.6 Å². The summed E-state index contributed by atoms with van der Waals surface area (Å²) in [6.45, 7) is 0. The molecule has 0 fully saturated rings. The molecule has 5 rings (SSSR count). The third-order valence-electron chi connectivity index (χ3n) is 6.79. The summed E-state index contributed by atoms with van der Waals surface area (Å²) in [4.78, 5) is 48.8. The smallest absolute Gasteiger partial charge is 0.337 e. The molecule has 5 aromatic rings. The second-order valence-electron chi connectivity index (χ2n) is 9.95. The number of anilines is 2. The minimum absolute atomic E-state index is 0.00960. The Hall–Kier alpha value is -5.61. The van der Waals surface area contributed by atoms with Crippen molar-refractivity contribution in [2.24, 2.45) is 0 Å². The number of hydrogen-bond acceptors (Lipinski definition) is 6. The lowest BCUT2D eigenvalue weighted by Crippen LogP contribution is -2.14. The zero-order chi connectivity index (χ0) is 31.8. The molecule has 0 saturated carbocycles. The quantitative estimate of drug-likeness (QED) is 0.0818. The lowest BCUT2D eigenvalue weighted by atomic mass is 10.1. The third kappa shape index (κ3) is 8.07. The van der Waals surface area contributed by atoms with E-state index in [0.29, 0.717) is 29.2 Å². The Kier molecular flexibility index (Phi) is 9.76. The Morgan fingerprint density at radius 3 is 1.89 bits per heavy atom. The van der Waals surface area contributed by atoms with Gasteiger partial charge in [0.2, 0.25) is 5.91 Å². The predicted molar refractivity (Wildman–Crippen MR) is 174 cm³/mol. The van der Waals surface area contributed by atoms with Crippen molar-refractivity contribution in [2.75, 3.05) is 16.4 Å². The molecule has 0 bridgehead atoms. The van der Waals surface area contributed by atoms with E-state index in [1.54, 1.807) is 66.4 Å². The van der Waals surface area contributed by atoms with Crippen molar-refractivity contribution in [3.63, 3.8) is 0 Å². The summed E-state index contributed by atoms with van der Waals surface area (Å²) in [6, 6.07) is 30.9. The van der Waals surface area contributed by atoms with Crippen LogP contribution in [0.15, 0.2) is 114 Å². The minimum Gasteiger partial charge on any atom is -0.478 e. The molecule has 0 aliphatic carbocycles. The molecule has 0 aliphatic rings. The lowest BCUT2D eigenvalue weighted by Gasteiger charge is -2.10. The van der Waals surface area contributed by atoms with Gasteiger partial charge in [0.05, 0.1) is 22.5 Å². The number of carboxylic acid groups (broad SMARTS) is 2. The minimum atomic E-state index is -1.12. The van der Waals surface area contributed by atoms with Gasteiger partial charge in [-0.05, 0) is 95.7 Å². The van der Waals surface area contributed by atoms with Crippen LogP contribution in [0.25, 0.3) is 10.8 Å². The SMILES string of the molecule is O=C(CCCSc1ccc2cc(Oc3ccc(C(=O)Nc4ccccc4C(=O)O)cc3)ccc2c1)Nc1ccccc1C(=O)O. The van der Waals surface area contributed by atoms with Crippen molar-refractivity contribution in [1.29, 1.82) is 0 Å². The molecular weight excluding hydrogens is 592 g/mol. The molecule has 10 heteroatoms. The maximum Gasteiger partial charge on any atom is 0.337 e. The van der Waals surface area contributed by atoms with Gasteiger partial charge in [-0.3, -0.25) is 9.59 Å². The molecule has 45 heavy (non-hydrogen) atoms. The van der Waals surface area contributed by atoms with E-state index in [-0.39, 0.29) is 29.1 Å². The van der Waals surface area contributed by atoms with E-state index in [0.717, 1.165) is 21.4 Å². The monoisotopic (exact) mass is 620 g/mol. The van der Waals surface area contributed by atoms with Gasteiger partial charge in [-0.1, -0.05) is 36.4 Å². The molecule has 5 aromatic carbocycles. The second-order valence-corrected chi connectivity index (χ2v) is 11.1. The second kappa shape index (κ2) is 14.2. The molecule has 226 valence electrons. The summed E-state index contributed by atoms with van der Waals surface area (Å²) >= 11 is 1.64. The van der Waals surface area contributed by atoms with Gasteiger partial charge in [0, 0.05) is 16.9 Å². The zero-order valence-electron chi connectivity index (χ0n) is 23.9. The highest BCUT2D eigenvalue weighted by Gasteiger charge is 2.14. The number of amides is 2. The van der Waals surface area contributed by atoms with Crippen LogP contribution < -0.4 is 15.4 Å². The summed E-state index contributed by atoms with van der Waals surface area (Å²) in [7, 11) is 0. The van der Waals surface area contributed by atoms with Crippen molar-refractivity contribution >= 4 is 57.7 Å². The first-order valence-corrected chi connectivity index (χ1v) is 15.0. The Bertz CT molecular complexity index is 1890. The van der Waals surface area contributed by atoms with Crippen LogP contribution in [0, 0.1) is 0 Å². The maximum absolute atomic E-state index is 12.7. The highest BCUT2D eigenvalue weighted by atomic mass is 32.2. The molecule has 0 unspecified atom stereocenters. The van der Waals surface area contributed by atoms with Gasteiger partial charge in [-0.15, -0.1) is 11.8 Å². The number of carbonyl (C=O) groups is 4. The number of benzene rings is 5. The van der Waals surface area contributed by atoms with Crippen molar-refractivity contribution in [3.8, 4) is 11.5 Å². The van der Waals surface area contributed by atoms with E-state index in [9.17, 15) is 29.4 Å². The van der Waals surface area contributed by atoms with Gasteiger partial charge in [0.1, 0.15) is 11.5 Å². The van der Waals surface area contributed by atoms with Crippen LogP contribution in [0.3, 0.4) is 0 Å². The largest absolute Gasteiger partial charge is 0.478 e. The third-order valence-corrected chi connectivity index (χ3v) is 7.87. The summed E-state index contributed by atoms with van der Waals surface area (Å²) in [6.07, 6.45) is 0.909. The number of aromatic carboxylic acids is 2. The molecular formula is C35H28N2O7S. The van der Waals surface area contributed by atoms with E-state index in [2.05, 4.69) is 16.7 Å². The molecule has 0 aliphatic heterocycles. The number of fused-ring (bicyclic) bond motifs is 1. The average molecular weight is 621 g/mol. The fourth-order valence-electron chi connectivity index (χ4n) is 4.55. The summed E-state index contributed by atoms with van der Waals surface area (Å²) in [5.74, 6) is -0.975. The van der Waals surface area contributed by atoms with Gasteiger partial charge >= 0.3 is 11.9 Å². The van der Waals surface area contributed by atoms with E-state index in [1.807, 2.05) is 30.3 Å². The van der Waals surface area contributed by atoms with Crippen molar-refractivity contribution in [1.82, 2.24) is 0 Å². The topological polar surface area (TPSA) is 142 Å². The van der Waals surface area contributed by atoms with Crippen molar-refractivity contribution in [3.05, 3.63) is 126 Å². The number of hydrogen-bond donors (Lipinski definition) is 4. The molecule has 2 amide bonds. The fraction of sp³-hybridized carbons (Fsp3) is 0.0857. The van der Waals surface area contributed by atoms with Crippen LogP contribution in [-0.2, 0) is 4.79 Å². The zero-order valence-corrected chi connectivity index (χ0v) is 24.7. The lowest BCUT2D eigenvalue weighted by molar-refractivity contribution is -0.116. The summed E-state index contributed by atoms with van der Waals surface area (Å²) in [5.41, 5.74) is 0.939. The van der Waals surface area contributed by atoms with Crippen molar-refractivity contribution < 1.29 is 34.1 Å². The summed E-state index contributed by atoms with van der Waals surface area (Å²) in [5, 5.41) is 25.9. The first-order valence-electron chi connectivity index (χ1n) is 14.0. The molecule has 0 spiro atoms. The maximum atomic E-state index is 12.7. The Morgan fingerprint density at radius 2 is 1.22 bits per heavy atom. The fourth-order valence-corrected chi connectivity index (χ4v) is 5.45. The Labute approximate surface area is 262 Å². The normalized spacial score (nSPS) is 10.7. The van der Waals surface area contributed by atoms with Gasteiger partial charge in [0.15, 0.2) is 0 Å². The van der Waals surface area contributed by atoms with Crippen LogP contribution >= 0.6 is 11.8 Å². The van der Waals surface area contributed by atoms with Crippen LogP contribution in [-0.4, -0.2) is 39.7 Å². The van der Waals surface area contributed by atoms with Crippen molar-refractivity contribution in [2.45, 2.75) is 17.7 Å². The molecule has 9 nitrogen and oxygen atoms in total. The van der Waals surface area contributed by atoms with Crippen LogP contribution in [0.2, 0.25) is 0 Å². The van der Waals surface area contributed by atoms with Crippen LogP contribution in [0.5, 0.6) is 11.5 Å². The number of nitrogens with one attached hydrogen (secondary N) is 2. The predicted octanol–water partition coefficient (Wildman–Crippen LogP) is 7.79. The van der Waals surface area contributed by atoms with E-state index >= 15 is 0 Å².